The van der Waals surface area contributed by atoms with Crippen molar-refractivity contribution in [2.45, 2.75) is 19.4 Å². The summed E-state index contributed by atoms with van der Waals surface area (Å²) < 4.78 is 5.11. The molecule has 1 aliphatic rings. The van der Waals surface area contributed by atoms with E-state index in [0.717, 1.165) is 5.56 Å². The molecule has 4 heteroatoms. The lowest BCUT2D eigenvalue weighted by molar-refractivity contribution is -0.126. The van der Waals surface area contributed by atoms with Crippen molar-refractivity contribution in [3.8, 4) is 0 Å². The minimum Gasteiger partial charge on any atom is -0.500 e. The number of Topliss-reactive ketones (excluding diaryl/α,β-unsaturated/α-hetero) is 1. The van der Waals surface area contributed by atoms with Gasteiger partial charge in [-0.3, -0.25) is 9.59 Å². The Morgan fingerprint density at radius 2 is 2.00 bits per heavy atom. The van der Waals surface area contributed by atoms with Gasteiger partial charge in [0.1, 0.15) is 11.5 Å². The molecule has 21 heavy (non-hydrogen) atoms. The van der Waals surface area contributed by atoms with E-state index in [9.17, 15) is 14.7 Å². The Hall–Kier alpha value is -2.20. The summed E-state index contributed by atoms with van der Waals surface area (Å²) >= 11 is 0. The second-order valence-corrected chi connectivity index (χ2v) is 5.03. The van der Waals surface area contributed by atoms with Gasteiger partial charge in [-0.2, -0.15) is 0 Å². The van der Waals surface area contributed by atoms with Crippen LogP contribution in [0.4, 0.5) is 0 Å². The summed E-state index contributed by atoms with van der Waals surface area (Å²) in [5, 5.41) is 10.2. The fraction of sp³-hybridized carbons (Fsp3) is 0.294. The first kappa shape index (κ1) is 15.2. The minimum absolute atomic E-state index is 0.0506. The largest absolute Gasteiger partial charge is 0.500 e. The SMILES string of the molecule is COC1=C(C(=O)C=Cc2ccccc2)C(O)C(C)C(=O)C1. The van der Waals surface area contributed by atoms with E-state index >= 15 is 0 Å². The van der Waals surface area contributed by atoms with Crippen LogP contribution in [-0.4, -0.2) is 29.9 Å². The standard InChI is InChI=1S/C17H18O4/c1-11-14(19)10-15(21-2)16(17(11)20)13(18)9-8-12-6-4-3-5-7-12/h3-9,11,17,20H,10H2,1-2H3. The van der Waals surface area contributed by atoms with E-state index in [2.05, 4.69) is 0 Å². The number of ether oxygens (including phenoxy) is 1. The first-order chi connectivity index (χ1) is 10.0. The predicted molar refractivity (Wildman–Crippen MR) is 79.3 cm³/mol. The Labute approximate surface area is 123 Å². The number of hydrogen-bond donors (Lipinski definition) is 1. The van der Waals surface area contributed by atoms with Crippen LogP contribution in [0, 0.1) is 5.92 Å². The van der Waals surface area contributed by atoms with Gasteiger partial charge in [-0.15, -0.1) is 0 Å². The zero-order valence-corrected chi connectivity index (χ0v) is 12.1. The molecule has 1 aromatic rings. The van der Waals surface area contributed by atoms with Gasteiger partial charge in [0.15, 0.2) is 5.78 Å². The van der Waals surface area contributed by atoms with E-state index < -0.39 is 12.0 Å². The summed E-state index contributed by atoms with van der Waals surface area (Å²) in [5.74, 6) is -0.785. The zero-order chi connectivity index (χ0) is 15.4. The van der Waals surface area contributed by atoms with Crippen molar-refractivity contribution in [3.63, 3.8) is 0 Å². The topological polar surface area (TPSA) is 63.6 Å². The van der Waals surface area contributed by atoms with Crippen LogP contribution in [0.25, 0.3) is 6.08 Å². The number of aliphatic hydroxyl groups is 1. The number of ketones is 2. The van der Waals surface area contributed by atoms with Gasteiger partial charge >= 0.3 is 0 Å². The van der Waals surface area contributed by atoms with Crippen LogP contribution in [0.2, 0.25) is 0 Å². The van der Waals surface area contributed by atoms with Crippen molar-refractivity contribution in [2.75, 3.05) is 7.11 Å². The quantitative estimate of drug-likeness (QED) is 0.861. The van der Waals surface area contributed by atoms with E-state index in [1.807, 2.05) is 30.3 Å². The molecule has 0 fully saturated rings. The summed E-state index contributed by atoms with van der Waals surface area (Å²) in [4.78, 5) is 24.0. The highest BCUT2D eigenvalue weighted by molar-refractivity contribution is 6.09. The number of aliphatic hydroxyl groups excluding tert-OH is 1. The molecule has 0 saturated heterocycles. The highest BCUT2D eigenvalue weighted by Gasteiger charge is 2.36. The maximum absolute atomic E-state index is 12.3. The molecular weight excluding hydrogens is 268 g/mol. The molecule has 110 valence electrons. The van der Waals surface area contributed by atoms with Gasteiger partial charge in [-0.05, 0) is 11.6 Å². The molecule has 1 N–H and O–H groups in total. The Morgan fingerprint density at radius 3 is 2.62 bits per heavy atom. The molecule has 0 radical (unpaired) electrons. The summed E-state index contributed by atoms with van der Waals surface area (Å²) in [7, 11) is 1.40. The predicted octanol–water partition coefficient (Wildman–Crippen LogP) is 2.14. The van der Waals surface area contributed by atoms with E-state index in [0.29, 0.717) is 0 Å². The molecule has 1 aliphatic carbocycles. The lowest BCUT2D eigenvalue weighted by Gasteiger charge is -2.26. The van der Waals surface area contributed by atoms with Crippen molar-refractivity contribution >= 4 is 17.6 Å². The third-order valence-corrected chi connectivity index (χ3v) is 3.65. The van der Waals surface area contributed by atoms with Gasteiger partial charge in [0, 0.05) is 5.92 Å². The van der Waals surface area contributed by atoms with Crippen molar-refractivity contribution in [3.05, 3.63) is 53.3 Å². The molecule has 0 aliphatic heterocycles. The van der Waals surface area contributed by atoms with Crippen LogP contribution in [0.5, 0.6) is 0 Å². The summed E-state index contributed by atoms with van der Waals surface area (Å²) in [6.45, 7) is 1.62. The fourth-order valence-electron chi connectivity index (χ4n) is 2.30. The van der Waals surface area contributed by atoms with Crippen LogP contribution >= 0.6 is 0 Å². The number of carbonyl (C=O) groups excluding carboxylic acids is 2. The molecule has 0 bridgehead atoms. The van der Waals surface area contributed by atoms with Gasteiger partial charge in [-0.25, -0.2) is 0 Å². The van der Waals surface area contributed by atoms with Crippen LogP contribution in [0.1, 0.15) is 18.9 Å². The number of hydrogen-bond acceptors (Lipinski definition) is 4. The average molecular weight is 286 g/mol. The fourth-order valence-corrected chi connectivity index (χ4v) is 2.30. The lowest BCUT2D eigenvalue weighted by Crippen LogP contribution is -2.36. The molecule has 0 amide bonds. The van der Waals surface area contributed by atoms with Gasteiger partial charge in [0.05, 0.1) is 25.2 Å². The monoisotopic (exact) mass is 286 g/mol. The highest BCUT2D eigenvalue weighted by Crippen LogP contribution is 2.28. The Bertz CT molecular complexity index is 598. The molecule has 0 heterocycles. The van der Waals surface area contributed by atoms with Gasteiger partial charge in [-0.1, -0.05) is 43.3 Å². The van der Waals surface area contributed by atoms with E-state index in [1.54, 1.807) is 13.0 Å². The zero-order valence-electron chi connectivity index (χ0n) is 12.1. The Balaban J connectivity index is 2.27. The Kier molecular flexibility index (Phi) is 4.70. The maximum Gasteiger partial charge on any atom is 0.187 e. The third-order valence-electron chi connectivity index (χ3n) is 3.65. The summed E-state index contributed by atoms with van der Waals surface area (Å²) in [5.41, 5.74) is 1.07. The normalized spacial score (nSPS) is 22.7. The van der Waals surface area contributed by atoms with Crippen molar-refractivity contribution in [1.29, 1.82) is 0 Å². The maximum atomic E-state index is 12.3. The number of allylic oxidation sites excluding steroid dienone is 2. The third kappa shape index (κ3) is 3.28. The first-order valence-electron chi connectivity index (χ1n) is 6.80. The van der Waals surface area contributed by atoms with Crippen LogP contribution in [0.3, 0.4) is 0 Å². The summed E-state index contributed by atoms with van der Waals surface area (Å²) in [6.07, 6.45) is 2.01. The van der Waals surface area contributed by atoms with E-state index in [4.69, 9.17) is 4.74 Å². The minimum atomic E-state index is -1.12. The van der Waals surface area contributed by atoms with Crippen LogP contribution < -0.4 is 0 Å². The number of carbonyl (C=O) groups is 2. The van der Waals surface area contributed by atoms with Gasteiger partial charge in [0.25, 0.3) is 0 Å². The van der Waals surface area contributed by atoms with E-state index in [-0.39, 0.29) is 29.3 Å². The molecule has 0 aromatic heterocycles. The van der Waals surface area contributed by atoms with Gasteiger partial charge < -0.3 is 9.84 Å². The summed E-state index contributed by atoms with van der Waals surface area (Å²) in [6, 6.07) is 9.39. The molecule has 1 aromatic carbocycles. The lowest BCUT2D eigenvalue weighted by atomic mass is 9.83. The molecular formula is C17H18O4. The van der Waals surface area contributed by atoms with Crippen molar-refractivity contribution in [2.24, 2.45) is 5.92 Å². The molecule has 0 spiro atoms. The van der Waals surface area contributed by atoms with Gasteiger partial charge in [0.2, 0.25) is 0 Å². The first-order valence-corrected chi connectivity index (χ1v) is 6.80. The molecule has 2 unspecified atom stereocenters. The van der Waals surface area contributed by atoms with Crippen molar-refractivity contribution < 1.29 is 19.4 Å². The number of methoxy groups -OCH3 is 1. The average Bonchev–Trinajstić information content (AvgIpc) is 2.51. The molecule has 4 nitrogen and oxygen atoms in total. The van der Waals surface area contributed by atoms with Crippen LogP contribution in [-0.2, 0) is 14.3 Å². The molecule has 2 atom stereocenters. The Morgan fingerprint density at radius 1 is 1.33 bits per heavy atom. The highest BCUT2D eigenvalue weighted by atomic mass is 16.5. The smallest absolute Gasteiger partial charge is 0.187 e. The second kappa shape index (κ2) is 6.50. The second-order valence-electron chi connectivity index (χ2n) is 5.03. The number of benzene rings is 1. The van der Waals surface area contributed by atoms with E-state index in [1.165, 1.54) is 13.2 Å². The molecule has 2 rings (SSSR count). The molecule has 0 saturated carbocycles. The van der Waals surface area contributed by atoms with Crippen molar-refractivity contribution in [1.82, 2.24) is 0 Å². The number of rotatable bonds is 4. The van der Waals surface area contributed by atoms with Crippen LogP contribution in [0.15, 0.2) is 47.7 Å².